The maximum atomic E-state index is 12.6. The number of halogens is 1. The smallest absolute Gasteiger partial charge is 0.290 e. The Labute approximate surface area is 136 Å². The topological polar surface area (TPSA) is 80.7 Å². The second-order valence-electron chi connectivity index (χ2n) is 5.17. The van der Waals surface area contributed by atoms with Crippen molar-refractivity contribution in [2.45, 2.75) is 19.0 Å². The molecule has 6 nitrogen and oxygen atoms in total. The van der Waals surface area contributed by atoms with Crippen LogP contribution in [0.15, 0.2) is 44.0 Å². The van der Waals surface area contributed by atoms with Gasteiger partial charge in [-0.2, -0.15) is 0 Å². The van der Waals surface area contributed by atoms with Crippen LogP contribution in [0.2, 0.25) is 0 Å². The molecule has 1 amide bonds. The summed E-state index contributed by atoms with van der Waals surface area (Å²) in [7, 11) is -3.09. The number of carbonyl (C=O) groups is 1. The van der Waals surface area contributed by atoms with Crippen LogP contribution in [0.1, 0.15) is 22.7 Å². The molecule has 1 saturated heterocycles. The standard InChI is InChI=1S/C14H14BrNO5S/c15-13-4-3-11(21-13)8-16(10-5-7-22(18,19)9-10)14(17)12-2-1-6-20-12/h1-4,6,10H,5,7-9H2/t10-/m0/s1. The highest BCUT2D eigenvalue weighted by molar-refractivity contribution is 9.10. The van der Waals surface area contributed by atoms with E-state index in [2.05, 4.69) is 15.9 Å². The highest BCUT2D eigenvalue weighted by Crippen LogP contribution is 2.24. The van der Waals surface area contributed by atoms with Crippen LogP contribution in [0.4, 0.5) is 0 Å². The van der Waals surface area contributed by atoms with Crippen molar-refractivity contribution in [1.82, 2.24) is 4.90 Å². The van der Waals surface area contributed by atoms with E-state index < -0.39 is 9.84 Å². The number of hydrogen-bond donors (Lipinski definition) is 0. The molecule has 0 saturated carbocycles. The maximum absolute atomic E-state index is 12.6. The lowest BCUT2D eigenvalue weighted by molar-refractivity contribution is 0.0632. The summed E-state index contributed by atoms with van der Waals surface area (Å²) in [4.78, 5) is 14.1. The average molecular weight is 388 g/mol. The normalized spacial score (nSPS) is 20.1. The number of carbonyl (C=O) groups excluding carboxylic acids is 1. The van der Waals surface area contributed by atoms with E-state index in [4.69, 9.17) is 8.83 Å². The first-order valence-corrected chi connectivity index (χ1v) is 9.35. The van der Waals surface area contributed by atoms with Crippen LogP contribution < -0.4 is 0 Å². The van der Waals surface area contributed by atoms with Crippen molar-refractivity contribution in [2.75, 3.05) is 11.5 Å². The quantitative estimate of drug-likeness (QED) is 0.804. The van der Waals surface area contributed by atoms with E-state index in [-0.39, 0.29) is 35.8 Å². The van der Waals surface area contributed by atoms with Crippen molar-refractivity contribution in [3.63, 3.8) is 0 Å². The van der Waals surface area contributed by atoms with Crippen LogP contribution in [0.25, 0.3) is 0 Å². The summed E-state index contributed by atoms with van der Waals surface area (Å²) in [5.74, 6) is 0.508. The Kier molecular flexibility index (Phi) is 4.14. The molecule has 0 aliphatic carbocycles. The van der Waals surface area contributed by atoms with E-state index in [1.807, 2.05) is 0 Å². The SMILES string of the molecule is O=C(c1ccco1)N(Cc1ccc(Br)o1)[C@H]1CCS(=O)(=O)C1. The van der Waals surface area contributed by atoms with E-state index in [0.717, 1.165) is 0 Å². The van der Waals surface area contributed by atoms with Gasteiger partial charge in [0.2, 0.25) is 0 Å². The van der Waals surface area contributed by atoms with Gasteiger partial charge in [-0.3, -0.25) is 4.79 Å². The summed E-state index contributed by atoms with van der Waals surface area (Å²) in [5.41, 5.74) is 0. The second kappa shape index (κ2) is 5.92. The molecule has 1 aliphatic rings. The van der Waals surface area contributed by atoms with E-state index in [9.17, 15) is 13.2 Å². The molecular weight excluding hydrogens is 374 g/mol. The van der Waals surface area contributed by atoms with Gasteiger partial charge in [0.25, 0.3) is 5.91 Å². The third kappa shape index (κ3) is 3.27. The minimum Gasteiger partial charge on any atom is -0.459 e. The van der Waals surface area contributed by atoms with Gasteiger partial charge in [0, 0.05) is 6.04 Å². The minimum atomic E-state index is -3.09. The molecule has 3 rings (SSSR count). The monoisotopic (exact) mass is 387 g/mol. The molecule has 0 aromatic carbocycles. The number of sulfone groups is 1. The van der Waals surface area contributed by atoms with Crippen LogP contribution in [0.3, 0.4) is 0 Å². The summed E-state index contributed by atoms with van der Waals surface area (Å²) in [6, 6.07) is 6.30. The molecule has 118 valence electrons. The van der Waals surface area contributed by atoms with Gasteiger partial charge in [0.1, 0.15) is 5.76 Å². The third-order valence-corrected chi connectivity index (χ3v) is 5.77. The van der Waals surface area contributed by atoms with Crippen LogP contribution in [0, 0.1) is 0 Å². The van der Waals surface area contributed by atoms with Crippen LogP contribution in [-0.4, -0.2) is 36.8 Å². The number of nitrogens with zero attached hydrogens (tertiary/aromatic N) is 1. The molecule has 0 radical (unpaired) electrons. The number of hydrogen-bond acceptors (Lipinski definition) is 5. The Hall–Kier alpha value is -1.54. The number of amides is 1. The van der Waals surface area contributed by atoms with Crippen molar-refractivity contribution in [3.05, 3.63) is 46.7 Å². The fraction of sp³-hybridized carbons (Fsp3) is 0.357. The summed E-state index contributed by atoms with van der Waals surface area (Å²) >= 11 is 3.21. The molecule has 1 atom stereocenters. The molecule has 2 aromatic rings. The Bertz CT molecular complexity index is 765. The van der Waals surface area contributed by atoms with Crippen molar-refractivity contribution in [2.24, 2.45) is 0 Å². The van der Waals surface area contributed by atoms with Crippen molar-refractivity contribution >= 4 is 31.7 Å². The first kappa shape index (κ1) is 15.4. The molecule has 0 N–H and O–H groups in total. The summed E-state index contributed by atoms with van der Waals surface area (Å²) < 4.78 is 34.6. The highest BCUT2D eigenvalue weighted by Gasteiger charge is 2.36. The van der Waals surface area contributed by atoms with Gasteiger partial charge in [-0.05, 0) is 46.6 Å². The largest absolute Gasteiger partial charge is 0.459 e. The molecule has 0 unspecified atom stereocenters. The lowest BCUT2D eigenvalue weighted by Crippen LogP contribution is -2.40. The Morgan fingerprint density at radius 2 is 2.18 bits per heavy atom. The Balaban J connectivity index is 1.86. The van der Waals surface area contributed by atoms with Gasteiger partial charge in [0.15, 0.2) is 20.3 Å². The van der Waals surface area contributed by atoms with E-state index in [0.29, 0.717) is 16.9 Å². The zero-order chi connectivity index (χ0) is 15.7. The van der Waals surface area contributed by atoms with Gasteiger partial charge in [-0.1, -0.05) is 0 Å². The zero-order valence-electron chi connectivity index (χ0n) is 11.6. The van der Waals surface area contributed by atoms with Crippen molar-refractivity contribution in [1.29, 1.82) is 0 Å². The van der Waals surface area contributed by atoms with Gasteiger partial charge in [-0.15, -0.1) is 0 Å². The number of furan rings is 2. The predicted octanol–water partition coefficient (Wildman–Crippen LogP) is 2.46. The Morgan fingerprint density at radius 3 is 2.73 bits per heavy atom. The van der Waals surface area contributed by atoms with Crippen molar-refractivity contribution < 1.29 is 22.0 Å². The molecule has 1 fully saturated rings. The summed E-state index contributed by atoms with van der Waals surface area (Å²) in [6.45, 7) is 0.200. The minimum absolute atomic E-state index is 0.0265. The lowest BCUT2D eigenvalue weighted by atomic mass is 10.2. The highest BCUT2D eigenvalue weighted by atomic mass is 79.9. The van der Waals surface area contributed by atoms with Gasteiger partial charge in [0.05, 0.1) is 24.3 Å². The summed E-state index contributed by atoms with van der Waals surface area (Å²) in [5, 5.41) is 0. The van der Waals surface area contributed by atoms with Crippen molar-refractivity contribution in [3.8, 4) is 0 Å². The first-order valence-electron chi connectivity index (χ1n) is 6.74. The molecule has 1 aliphatic heterocycles. The molecule has 2 aromatic heterocycles. The molecule has 3 heterocycles. The predicted molar refractivity (Wildman–Crippen MR) is 82.0 cm³/mol. The fourth-order valence-corrected chi connectivity index (χ4v) is 4.61. The molecule has 0 bridgehead atoms. The molecule has 8 heteroatoms. The van der Waals surface area contributed by atoms with Gasteiger partial charge < -0.3 is 13.7 Å². The maximum Gasteiger partial charge on any atom is 0.290 e. The number of rotatable bonds is 4. The van der Waals surface area contributed by atoms with Crippen LogP contribution in [0.5, 0.6) is 0 Å². The van der Waals surface area contributed by atoms with E-state index in [1.54, 1.807) is 24.3 Å². The summed E-state index contributed by atoms with van der Waals surface area (Å²) in [6.07, 6.45) is 1.84. The van der Waals surface area contributed by atoms with E-state index >= 15 is 0 Å². The molecule has 22 heavy (non-hydrogen) atoms. The fourth-order valence-electron chi connectivity index (χ4n) is 2.53. The zero-order valence-corrected chi connectivity index (χ0v) is 14.0. The first-order chi connectivity index (χ1) is 10.4. The lowest BCUT2D eigenvalue weighted by Gasteiger charge is -2.26. The molecule has 0 spiro atoms. The third-order valence-electron chi connectivity index (χ3n) is 3.60. The Morgan fingerprint density at radius 1 is 1.36 bits per heavy atom. The second-order valence-corrected chi connectivity index (χ2v) is 8.18. The van der Waals surface area contributed by atoms with Gasteiger partial charge in [-0.25, -0.2) is 8.42 Å². The van der Waals surface area contributed by atoms with Gasteiger partial charge >= 0.3 is 0 Å². The van der Waals surface area contributed by atoms with Crippen LogP contribution in [-0.2, 0) is 16.4 Å². The van der Waals surface area contributed by atoms with Crippen LogP contribution >= 0.6 is 15.9 Å². The van der Waals surface area contributed by atoms with E-state index in [1.165, 1.54) is 11.2 Å². The average Bonchev–Trinajstić information content (AvgIpc) is 3.17. The molecular formula is C14H14BrNO5S.